The molecule has 0 saturated carbocycles. The van der Waals surface area contributed by atoms with Crippen molar-refractivity contribution >= 4 is 33.5 Å². The van der Waals surface area contributed by atoms with Crippen LogP contribution in [0, 0.1) is 0 Å². The van der Waals surface area contributed by atoms with Gasteiger partial charge < -0.3 is 10.0 Å². The SMILES string of the molecule is O=C(O)CC1CN(C(=O)C(F)(F)F)c2ccc(Br)cc21. The highest BCUT2D eigenvalue weighted by molar-refractivity contribution is 9.10. The minimum absolute atomic E-state index is 0.113. The Morgan fingerprint density at radius 2 is 2.05 bits per heavy atom. The highest BCUT2D eigenvalue weighted by atomic mass is 79.9. The minimum atomic E-state index is -4.98. The lowest BCUT2D eigenvalue weighted by atomic mass is 9.98. The molecule has 20 heavy (non-hydrogen) atoms. The van der Waals surface area contributed by atoms with Gasteiger partial charge in [0.1, 0.15) is 0 Å². The number of fused-ring (bicyclic) bond motifs is 1. The van der Waals surface area contributed by atoms with Gasteiger partial charge >= 0.3 is 18.1 Å². The van der Waals surface area contributed by atoms with Gasteiger partial charge in [-0.15, -0.1) is 0 Å². The third kappa shape index (κ3) is 2.79. The van der Waals surface area contributed by atoms with Crippen LogP contribution in [-0.4, -0.2) is 29.7 Å². The maximum atomic E-state index is 12.5. The maximum Gasteiger partial charge on any atom is 0.471 e. The Labute approximate surface area is 120 Å². The van der Waals surface area contributed by atoms with Gasteiger partial charge in [0.15, 0.2) is 0 Å². The van der Waals surface area contributed by atoms with Gasteiger partial charge in [-0.1, -0.05) is 15.9 Å². The van der Waals surface area contributed by atoms with E-state index in [9.17, 15) is 22.8 Å². The highest BCUT2D eigenvalue weighted by Crippen LogP contribution is 2.41. The number of amides is 1. The Morgan fingerprint density at radius 1 is 1.40 bits per heavy atom. The molecule has 1 heterocycles. The molecule has 108 valence electrons. The van der Waals surface area contributed by atoms with Crippen molar-refractivity contribution in [3.05, 3.63) is 28.2 Å². The number of carbonyl (C=O) groups excluding carboxylic acids is 1. The maximum absolute atomic E-state index is 12.5. The molecule has 0 bridgehead atoms. The molecule has 1 atom stereocenters. The van der Waals surface area contributed by atoms with E-state index in [0.717, 1.165) is 0 Å². The van der Waals surface area contributed by atoms with Crippen LogP contribution in [0.15, 0.2) is 22.7 Å². The minimum Gasteiger partial charge on any atom is -0.481 e. The normalized spacial score (nSPS) is 18.0. The Hall–Kier alpha value is -1.57. The number of carboxylic acid groups (broad SMARTS) is 1. The van der Waals surface area contributed by atoms with Crippen LogP contribution in [0.25, 0.3) is 0 Å². The first-order valence-electron chi connectivity index (χ1n) is 5.60. The Morgan fingerprint density at radius 3 is 2.60 bits per heavy atom. The van der Waals surface area contributed by atoms with Crippen molar-refractivity contribution in [2.24, 2.45) is 0 Å². The van der Waals surface area contributed by atoms with E-state index in [4.69, 9.17) is 5.11 Å². The van der Waals surface area contributed by atoms with E-state index in [0.29, 0.717) is 14.9 Å². The van der Waals surface area contributed by atoms with Crippen molar-refractivity contribution in [2.45, 2.75) is 18.5 Å². The third-order valence-corrected chi connectivity index (χ3v) is 3.53. The number of halogens is 4. The number of hydrogen-bond donors (Lipinski definition) is 1. The van der Waals surface area contributed by atoms with Gasteiger partial charge in [-0.3, -0.25) is 9.59 Å². The van der Waals surface area contributed by atoms with Gasteiger partial charge in [0.05, 0.1) is 6.42 Å². The molecule has 4 nitrogen and oxygen atoms in total. The fraction of sp³-hybridized carbons (Fsp3) is 0.333. The first-order chi connectivity index (χ1) is 9.20. The summed E-state index contributed by atoms with van der Waals surface area (Å²) >= 11 is 3.18. The number of benzene rings is 1. The summed E-state index contributed by atoms with van der Waals surface area (Å²) in [7, 11) is 0. The van der Waals surface area contributed by atoms with Gasteiger partial charge in [0.2, 0.25) is 0 Å². The Kier molecular flexibility index (Phi) is 3.77. The fourth-order valence-electron chi connectivity index (χ4n) is 2.25. The lowest BCUT2D eigenvalue weighted by Gasteiger charge is -2.19. The fourth-order valence-corrected chi connectivity index (χ4v) is 2.62. The second-order valence-corrected chi connectivity index (χ2v) is 5.33. The lowest BCUT2D eigenvalue weighted by molar-refractivity contribution is -0.170. The molecule has 1 amide bonds. The average molecular weight is 352 g/mol. The number of anilines is 1. The van der Waals surface area contributed by atoms with Crippen LogP contribution in [0.1, 0.15) is 17.9 Å². The van der Waals surface area contributed by atoms with E-state index in [2.05, 4.69) is 15.9 Å². The van der Waals surface area contributed by atoms with Crippen LogP contribution in [-0.2, 0) is 9.59 Å². The monoisotopic (exact) mass is 351 g/mol. The van der Waals surface area contributed by atoms with Crippen molar-refractivity contribution in [1.29, 1.82) is 0 Å². The zero-order valence-corrected chi connectivity index (χ0v) is 11.5. The Bertz CT molecular complexity index is 574. The van der Waals surface area contributed by atoms with Crippen LogP contribution in [0.5, 0.6) is 0 Å². The molecule has 8 heteroatoms. The summed E-state index contributed by atoms with van der Waals surface area (Å²) in [5.74, 6) is -3.75. The third-order valence-electron chi connectivity index (χ3n) is 3.03. The summed E-state index contributed by atoms with van der Waals surface area (Å²) in [6, 6.07) is 4.44. The predicted octanol–water partition coefficient (Wildman–Crippen LogP) is 2.92. The average Bonchev–Trinajstić information content (AvgIpc) is 2.64. The number of alkyl halides is 3. The predicted molar refractivity (Wildman–Crippen MR) is 67.5 cm³/mol. The van der Waals surface area contributed by atoms with Gasteiger partial charge in [-0.05, 0) is 23.8 Å². The second-order valence-electron chi connectivity index (χ2n) is 4.41. The summed E-state index contributed by atoms with van der Waals surface area (Å²) in [6.07, 6.45) is -5.31. The van der Waals surface area contributed by atoms with Crippen LogP contribution < -0.4 is 4.90 Å². The summed E-state index contributed by atoms with van der Waals surface area (Å²) in [4.78, 5) is 22.8. The highest BCUT2D eigenvalue weighted by Gasteiger charge is 2.46. The molecular formula is C12H9BrF3NO3. The first kappa shape index (κ1) is 14.8. The summed E-state index contributed by atoms with van der Waals surface area (Å²) < 4.78 is 38.3. The van der Waals surface area contributed by atoms with E-state index in [1.54, 1.807) is 6.07 Å². The van der Waals surface area contributed by atoms with Crippen molar-refractivity contribution in [1.82, 2.24) is 0 Å². The molecule has 1 aromatic carbocycles. The zero-order valence-electron chi connectivity index (χ0n) is 9.95. The van der Waals surface area contributed by atoms with E-state index in [1.807, 2.05) is 0 Å². The molecule has 1 unspecified atom stereocenters. The van der Waals surface area contributed by atoms with Gasteiger partial charge in [-0.2, -0.15) is 13.2 Å². The van der Waals surface area contributed by atoms with Crippen molar-refractivity contribution in [3.8, 4) is 0 Å². The molecule has 0 radical (unpaired) electrons. The lowest BCUT2D eigenvalue weighted by Crippen LogP contribution is -2.40. The van der Waals surface area contributed by atoms with E-state index in [-0.39, 0.29) is 18.7 Å². The largest absolute Gasteiger partial charge is 0.481 e. The van der Waals surface area contributed by atoms with E-state index < -0.39 is 24.0 Å². The van der Waals surface area contributed by atoms with Crippen LogP contribution in [0.4, 0.5) is 18.9 Å². The molecule has 0 spiro atoms. The van der Waals surface area contributed by atoms with Gasteiger partial charge in [-0.25, -0.2) is 0 Å². The Balaban J connectivity index is 2.41. The first-order valence-corrected chi connectivity index (χ1v) is 6.39. The molecule has 1 aliphatic rings. The zero-order chi connectivity index (χ0) is 15.1. The van der Waals surface area contributed by atoms with Crippen LogP contribution >= 0.6 is 15.9 Å². The molecular weight excluding hydrogens is 343 g/mol. The standard InChI is InChI=1S/C12H9BrF3NO3/c13-7-1-2-9-8(4-7)6(3-10(18)19)5-17(9)11(20)12(14,15)16/h1-2,4,6H,3,5H2,(H,18,19). The quantitative estimate of drug-likeness (QED) is 0.891. The molecule has 1 aliphatic heterocycles. The number of carboxylic acids is 1. The van der Waals surface area contributed by atoms with Crippen molar-refractivity contribution < 1.29 is 27.9 Å². The second kappa shape index (κ2) is 5.08. The molecule has 1 aromatic rings. The molecule has 0 fully saturated rings. The topological polar surface area (TPSA) is 57.6 Å². The van der Waals surface area contributed by atoms with Crippen LogP contribution in [0.2, 0.25) is 0 Å². The van der Waals surface area contributed by atoms with E-state index in [1.165, 1.54) is 12.1 Å². The molecule has 2 rings (SSSR count). The number of nitrogens with zero attached hydrogens (tertiary/aromatic N) is 1. The molecule has 0 aromatic heterocycles. The van der Waals surface area contributed by atoms with Gasteiger partial charge in [0.25, 0.3) is 0 Å². The smallest absolute Gasteiger partial charge is 0.471 e. The number of rotatable bonds is 2. The summed E-state index contributed by atoms with van der Waals surface area (Å²) in [6.45, 7) is -0.281. The molecule has 0 saturated heterocycles. The van der Waals surface area contributed by atoms with Gasteiger partial charge in [0, 0.05) is 22.6 Å². The molecule has 1 N–H and O–H groups in total. The number of aliphatic carboxylic acids is 1. The summed E-state index contributed by atoms with van der Waals surface area (Å²) in [5.41, 5.74) is 0.543. The van der Waals surface area contributed by atoms with Crippen molar-refractivity contribution in [3.63, 3.8) is 0 Å². The summed E-state index contributed by atoms with van der Waals surface area (Å²) in [5, 5.41) is 8.82. The van der Waals surface area contributed by atoms with E-state index >= 15 is 0 Å². The van der Waals surface area contributed by atoms with Crippen molar-refractivity contribution in [2.75, 3.05) is 11.4 Å². The number of carbonyl (C=O) groups is 2. The molecule has 0 aliphatic carbocycles. The van der Waals surface area contributed by atoms with Crippen LogP contribution in [0.3, 0.4) is 0 Å². The number of hydrogen-bond acceptors (Lipinski definition) is 2.